The van der Waals surface area contributed by atoms with E-state index in [-0.39, 0.29) is 5.84 Å². The van der Waals surface area contributed by atoms with Gasteiger partial charge in [-0.1, -0.05) is 16.9 Å². The van der Waals surface area contributed by atoms with Crippen molar-refractivity contribution in [2.24, 2.45) is 16.0 Å². The molecule has 0 unspecified atom stereocenters. The third kappa shape index (κ3) is 1.88. The minimum absolute atomic E-state index is 0.00884. The predicted molar refractivity (Wildman–Crippen MR) is 46.1 cm³/mol. The molecule has 1 radical (unpaired) electrons. The van der Waals surface area contributed by atoms with Gasteiger partial charge in [-0.3, -0.25) is 4.79 Å². The zero-order valence-corrected chi connectivity index (χ0v) is 7.17. The van der Waals surface area contributed by atoms with Crippen molar-refractivity contribution in [3.8, 4) is 0 Å². The van der Waals surface area contributed by atoms with Crippen molar-refractivity contribution in [2.45, 2.75) is 0 Å². The summed E-state index contributed by atoms with van der Waals surface area (Å²) in [5, 5.41) is 8.91. The quantitative estimate of drug-likeness (QED) is 0.351. The Balaban J connectivity index is 2.68. The normalized spacial score (nSPS) is 17.6. The Labute approximate surface area is 73.4 Å². The summed E-state index contributed by atoms with van der Waals surface area (Å²) in [6.45, 7) is 0. The Bertz CT molecular complexity index is 240. The van der Waals surface area contributed by atoms with Crippen LogP contribution in [0, 0.1) is 0 Å². The van der Waals surface area contributed by atoms with Gasteiger partial charge in [0, 0.05) is 0 Å². The number of hydrazone groups is 1. The van der Waals surface area contributed by atoms with E-state index in [4.69, 9.17) is 5.73 Å². The molecule has 0 spiro atoms. The molecule has 1 aliphatic rings. The van der Waals surface area contributed by atoms with Gasteiger partial charge >= 0.3 is 0 Å². The summed E-state index contributed by atoms with van der Waals surface area (Å²) in [5.74, 6) is 0.453. The molecule has 0 saturated heterocycles. The van der Waals surface area contributed by atoms with Gasteiger partial charge in [0.2, 0.25) is 5.84 Å². The summed E-state index contributed by atoms with van der Waals surface area (Å²) in [5.41, 5.74) is 5.36. The van der Waals surface area contributed by atoms with Crippen molar-refractivity contribution in [1.29, 1.82) is 0 Å². The van der Waals surface area contributed by atoms with E-state index in [2.05, 4.69) is 15.1 Å². The third-order valence-electron chi connectivity index (χ3n) is 1.07. The summed E-state index contributed by atoms with van der Waals surface area (Å²) in [6.07, 6.45) is 1.59. The van der Waals surface area contributed by atoms with E-state index in [0.717, 1.165) is 0 Å². The second-order valence-electron chi connectivity index (χ2n) is 1.81. The molecular formula is C5H7N4O2S. The maximum atomic E-state index is 10.3. The van der Waals surface area contributed by atoms with Crippen LogP contribution in [0.3, 0.4) is 0 Å². The summed E-state index contributed by atoms with van der Waals surface area (Å²) < 4.78 is 0. The first-order valence-electron chi connectivity index (χ1n) is 3.01. The van der Waals surface area contributed by atoms with Crippen LogP contribution in [0.5, 0.6) is 0 Å². The fourth-order valence-electron chi connectivity index (χ4n) is 0.617. The summed E-state index contributed by atoms with van der Waals surface area (Å²) in [4.78, 5) is 14.7. The van der Waals surface area contributed by atoms with Crippen LogP contribution in [-0.4, -0.2) is 35.3 Å². The van der Waals surface area contributed by atoms with Crippen LogP contribution >= 0.6 is 11.8 Å². The number of amidine groups is 2. The monoisotopic (exact) mass is 187 g/mol. The smallest absolute Gasteiger partial charge is 0.277 e. The number of hydrogen-bond donors (Lipinski definition) is 1. The molecule has 1 aliphatic heterocycles. The molecule has 0 aromatic carbocycles. The Hall–Kier alpha value is -1.24. The van der Waals surface area contributed by atoms with Crippen LogP contribution in [0.15, 0.2) is 10.3 Å². The van der Waals surface area contributed by atoms with Crippen molar-refractivity contribution < 1.29 is 9.63 Å². The Morgan fingerprint density at radius 2 is 2.75 bits per heavy atom. The van der Waals surface area contributed by atoms with Crippen molar-refractivity contribution in [2.75, 3.05) is 13.0 Å². The number of oxime groups is 1. The molecule has 0 aliphatic carbocycles. The Morgan fingerprint density at radius 1 is 2.00 bits per heavy atom. The number of thioether (sulfide) groups is 1. The van der Waals surface area contributed by atoms with E-state index in [0.29, 0.717) is 11.0 Å². The molecule has 0 aromatic rings. The van der Waals surface area contributed by atoms with Crippen LogP contribution in [0.4, 0.5) is 0 Å². The average molecular weight is 187 g/mol. The number of nitrogens with zero attached hydrogens (tertiary/aromatic N) is 3. The van der Waals surface area contributed by atoms with Gasteiger partial charge in [-0.2, -0.15) is 0 Å². The molecule has 0 bridgehead atoms. The molecule has 0 fully saturated rings. The van der Waals surface area contributed by atoms with Crippen LogP contribution < -0.4 is 5.73 Å². The van der Waals surface area contributed by atoms with E-state index < -0.39 is 0 Å². The molecular weight excluding hydrogens is 180 g/mol. The minimum atomic E-state index is -0.00884. The molecule has 65 valence electrons. The highest BCUT2D eigenvalue weighted by molar-refractivity contribution is 8.14. The minimum Gasteiger partial charge on any atom is -0.397 e. The molecule has 0 saturated carbocycles. The molecule has 0 atom stereocenters. The fourth-order valence-corrected chi connectivity index (χ4v) is 1.21. The first-order chi connectivity index (χ1) is 5.77. The van der Waals surface area contributed by atoms with Gasteiger partial charge in [0.25, 0.3) is 6.29 Å². The van der Waals surface area contributed by atoms with E-state index in [1.54, 1.807) is 6.29 Å². The van der Waals surface area contributed by atoms with Crippen LogP contribution in [0.1, 0.15) is 0 Å². The highest BCUT2D eigenvalue weighted by Crippen LogP contribution is 2.13. The summed E-state index contributed by atoms with van der Waals surface area (Å²) in [6, 6.07) is 0. The number of rotatable bonds is 2. The van der Waals surface area contributed by atoms with Gasteiger partial charge in [-0.15, -0.1) is 5.10 Å². The first-order valence-corrected chi connectivity index (χ1v) is 4.00. The Morgan fingerprint density at radius 3 is 3.17 bits per heavy atom. The van der Waals surface area contributed by atoms with E-state index >= 15 is 0 Å². The lowest BCUT2D eigenvalue weighted by atomic mass is 10.6. The summed E-state index contributed by atoms with van der Waals surface area (Å²) in [7, 11) is 1.34. The number of carbonyl (C=O) groups excluding carboxylic acids is 1. The molecule has 2 N–H and O–H groups in total. The molecule has 7 heteroatoms. The molecule has 1 heterocycles. The van der Waals surface area contributed by atoms with Crippen molar-refractivity contribution >= 4 is 29.1 Å². The second-order valence-corrected chi connectivity index (χ2v) is 2.78. The lowest BCUT2D eigenvalue weighted by Gasteiger charge is -2.07. The highest BCUT2D eigenvalue weighted by Gasteiger charge is 2.18. The van der Waals surface area contributed by atoms with E-state index in [1.165, 1.54) is 23.9 Å². The van der Waals surface area contributed by atoms with E-state index in [9.17, 15) is 4.79 Å². The zero-order chi connectivity index (χ0) is 8.97. The predicted octanol–water partition coefficient (Wildman–Crippen LogP) is -0.708. The number of hydrogen-bond acceptors (Lipinski definition) is 6. The molecule has 12 heavy (non-hydrogen) atoms. The van der Waals surface area contributed by atoms with Crippen molar-refractivity contribution in [3.05, 3.63) is 0 Å². The maximum Gasteiger partial charge on any atom is 0.277 e. The van der Waals surface area contributed by atoms with E-state index in [1.807, 2.05) is 0 Å². The van der Waals surface area contributed by atoms with Crippen molar-refractivity contribution in [1.82, 2.24) is 5.01 Å². The van der Waals surface area contributed by atoms with Crippen LogP contribution in [0.2, 0.25) is 0 Å². The van der Waals surface area contributed by atoms with Crippen LogP contribution in [0.25, 0.3) is 0 Å². The molecule has 0 aromatic heterocycles. The van der Waals surface area contributed by atoms with Gasteiger partial charge in [0.15, 0.2) is 5.17 Å². The highest BCUT2D eigenvalue weighted by atomic mass is 32.2. The fraction of sp³-hybridized carbons (Fsp3) is 0.400. The first kappa shape index (κ1) is 8.85. The van der Waals surface area contributed by atoms with Gasteiger partial charge in [0.05, 0.1) is 5.88 Å². The van der Waals surface area contributed by atoms with Crippen molar-refractivity contribution in [3.63, 3.8) is 0 Å². The standard InChI is InChI=1S/C5H7N4O2S/c1-11-8-4(2-10)9-3-12-5(6)7-9/h3H2,1H3,(H2,6,7). The second kappa shape index (κ2) is 3.96. The lowest BCUT2D eigenvalue weighted by Crippen LogP contribution is -2.24. The van der Waals surface area contributed by atoms with Gasteiger partial charge < -0.3 is 10.6 Å². The van der Waals surface area contributed by atoms with Gasteiger partial charge in [-0.25, -0.2) is 5.01 Å². The van der Waals surface area contributed by atoms with Gasteiger partial charge in [-0.05, 0) is 0 Å². The topological polar surface area (TPSA) is 80.3 Å². The molecule has 6 nitrogen and oxygen atoms in total. The molecule has 0 amide bonds. The number of nitrogens with two attached hydrogens (primary N) is 1. The van der Waals surface area contributed by atoms with Gasteiger partial charge in [0.1, 0.15) is 7.11 Å². The lowest BCUT2D eigenvalue weighted by molar-refractivity contribution is 0.208. The van der Waals surface area contributed by atoms with Crippen LogP contribution in [-0.2, 0) is 9.63 Å². The molecule has 1 rings (SSSR count). The Kier molecular flexibility index (Phi) is 2.92. The SMILES string of the molecule is CON=C([C]=O)N1CSC(N)=N1. The largest absolute Gasteiger partial charge is 0.397 e. The summed E-state index contributed by atoms with van der Waals surface area (Å²) >= 11 is 1.31. The zero-order valence-electron chi connectivity index (χ0n) is 6.35. The third-order valence-corrected chi connectivity index (χ3v) is 1.82. The average Bonchev–Trinajstić information content (AvgIpc) is 2.47. The maximum absolute atomic E-state index is 10.3.